The highest BCUT2D eigenvalue weighted by Gasteiger charge is 2.31. The molecule has 0 spiro atoms. The van der Waals surface area contributed by atoms with Crippen LogP contribution in [0.3, 0.4) is 0 Å². The molecule has 1 aliphatic rings. The van der Waals surface area contributed by atoms with Gasteiger partial charge in [-0.2, -0.15) is 0 Å². The average molecular weight is 399 g/mol. The largest absolute Gasteiger partial charge is 0.361 e. The van der Waals surface area contributed by atoms with Crippen molar-refractivity contribution in [2.45, 2.75) is 26.2 Å². The maximum atomic E-state index is 12.3. The molecule has 1 aliphatic heterocycles. The van der Waals surface area contributed by atoms with Gasteiger partial charge < -0.3 is 5.32 Å². The predicted molar refractivity (Wildman–Crippen MR) is 106 cm³/mol. The standard InChI is InChI=1S/C17H26N4O3S2/c1-2-26(23,24)21-12-6-9-15(13-21)16(22)19-20-17(25)18-11-10-14-7-4-3-5-8-14/h3-5,7-8,15H,2,6,9-13H2,1H3,(H,19,22)(H2,18,20,25). The molecule has 3 N–H and O–H groups in total. The first-order valence-corrected chi connectivity index (χ1v) is 10.8. The molecule has 1 fully saturated rings. The van der Waals surface area contributed by atoms with Crippen molar-refractivity contribution < 1.29 is 13.2 Å². The molecule has 144 valence electrons. The quantitative estimate of drug-likeness (QED) is 0.485. The number of carbonyl (C=O) groups excluding carboxylic acids is 1. The molecule has 2 rings (SSSR count). The third kappa shape index (κ3) is 6.22. The zero-order chi connectivity index (χ0) is 19.0. The first-order chi connectivity index (χ1) is 12.4. The van der Waals surface area contributed by atoms with Crippen LogP contribution < -0.4 is 16.2 Å². The third-order valence-corrected chi connectivity index (χ3v) is 6.45. The summed E-state index contributed by atoms with van der Waals surface area (Å²) in [5.74, 6) is -0.562. The minimum absolute atomic E-state index is 0.0506. The smallest absolute Gasteiger partial charge is 0.242 e. The molecule has 0 aliphatic carbocycles. The molecule has 1 unspecified atom stereocenters. The van der Waals surface area contributed by atoms with Gasteiger partial charge in [-0.25, -0.2) is 12.7 Å². The molecule has 1 aromatic carbocycles. The van der Waals surface area contributed by atoms with E-state index in [2.05, 4.69) is 16.2 Å². The normalized spacial score (nSPS) is 18.1. The Morgan fingerprint density at radius 3 is 2.69 bits per heavy atom. The SMILES string of the molecule is CCS(=O)(=O)N1CCCC(C(=O)NNC(=S)NCCc2ccccc2)C1. The van der Waals surface area contributed by atoms with Crippen LogP contribution in [0.15, 0.2) is 30.3 Å². The number of thiocarbonyl (C=S) groups is 1. The van der Waals surface area contributed by atoms with Gasteiger partial charge in [-0.15, -0.1) is 0 Å². The lowest BCUT2D eigenvalue weighted by molar-refractivity contribution is -0.126. The van der Waals surface area contributed by atoms with E-state index < -0.39 is 10.0 Å². The van der Waals surface area contributed by atoms with Crippen LogP contribution in [-0.2, 0) is 21.2 Å². The summed E-state index contributed by atoms with van der Waals surface area (Å²) in [6.07, 6.45) is 2.16. The van der Waals surface area contributed by atoms with Crippen molar-refractivity contribution >= 4 is 33.3 Å². The lowest BCUT2D eigenvalue weighted by atomic mass is 9.99. The number of nitrogens with zero attached hydrogens (tertiary/aromatic N) is 1. The Labute approximate surface area is 160 Å². The van der Waals surface area contributed by atoms with Crippen LogP contribution >= 0.6 is 12.2 Å². The monoisotopic (exact) mass is 398 g/mol. The lowest BCUT2D eigenvalue weighted by Gasteiger charge is -2.30. The van der Waals surface area contributed by atoms with E-state index in [0.29, 0.717) is 31.0 Å². The molecular formula is C17H26N4O3S2. The van der Waals surface area contributed by atoms with Gasteiger partial charge in [0.2, 0.25) is 15.9 Å². The summed E-state index contributed by atoms with van der Waals surface area (Å²) in [6, 6.07) is 10.0. The van der Waals surface area contributed by atoms with Crippen LogP contribution in [0.25, 0.3) is 0 Å². The van der Waals surface area contributed by atoms with Gasteiger partial charge in [0.05, 0.1) is 11.7 Å². The number of nitrogens with one attached hydrogen (secondary N) is 3. The number of sulfonamides is 1. The van der Waals surface area contributed by atoms with Gasteiger partial charge in [0.1, 0.15) is 0 Å². The second-order valence-electron chi connectivity index (χ2n) is 6.20. The number of hydrogen-bond donors (Lipinski definition) is 3. The van der Waals surface area contributed by atoms with Gasteiger partial charge in [0.15, 0.2) is 5.11 Å². The Kier molecular flexibility index (Phi) is 7.80. The van der Waals surface area contributed by atoms with Crippen molar-refractivity contribution in [2.24, 2.45) is 5.92 Å². The Morgan fingerprint density at radius 1 is 1.27 bits per heavy atom. The van der Waals surface area contributed by atoms with Crippen LogP contribution in [-0.4, -0.2) is 49.1 Å². The van der Waals surface area contributed by atoms with Gasteiger partial charge in [0, 0.05) is 19.6 Å². The van der Waals surface area contributed by atoms with Crippen LogP contribution in [0, 0.1) is 5.92 Å². The van der Waals surface area contributed by atoms with Gasteiger partial charge in [-0.3, -0.25) is 15.6 Å². The zero-order valence-electron chi connectivity index (χ0n) is 14.9. The molecule has 7 nitrogen and oxygen atoms in total. The minimum atomic E-state index is -3.26. The van der Waals surface area contributed by atoms with Crippen molar-refractivity contribution in [3.05, 3.63) is 35.9 Å². The second kappa shape index (κ2) is 9.84. The number of hydrazine groups is 1. The molecule has 1 atom stereocenters. The number of rotatable bonds is 6. The van der Waals surface area contributed by atoms with E-state index in [1.165, 1.54) is 9.87 Å². The Balaban J connectivity index is 1.71. The lowest BCUT2D eigenvalue weighted by Crippen LogP contribution is -2.52. The second-order valence-corrected chi connectivity index (χ2v) is 8.87. The Hall–Kier alpha value is -1.71. The Bertz CT molecular complexity index is 710. The minimum Gasteiger partial charge on any atom is -0.361 e. The molecule has 0 aromatic heterocycles. The van der Waals surface area contributed by atoms with Gasteiger partial charge in [-0.05, 0) is 44.0 Å². The van der Waals surface area contributed by atoms with Crippen LogP contribution in [0.4, 0.5) is 0 Å². The fraction of sp³-hybridized carbons (Fsp3) is 0.529. The van der Waals surface area contributed by atoms with E-state index in [-0.39, 0.29) is 24.1 Å². The summed E-state index contributed by atoms with van der Waals surface area (Å²) in [4.78, 5) is 12.3. The average Bonchev–Trinajstić information content (AvgIpc) is 2.67. The van der Waals surface area contributed by atoms with Crippen molar-refractivity contribution in [3.63, 3.8) is 0 Å². The predicted octanol–water partition coefficient (Wildman–Crippen LogP) is 0.786. The molecular weight excluding hydrogens is 372 g/mol. The maximum Gasteiger partial charge on any atom is 0.242 e. The first kappa shape index (κ1) is 20.6. The summed E-state index contributed by atoms with van der Waals surface area (Å²) in [6.45, 7) is 2.96. The fourth-order valence-electron chi connectivity index (χ4n) is 2.82. The molecule has 1 heterocycles. The molecule has 26 heavy (non-hydrogen) atoms. The van der Waals surface area contributed by atoms with E-state index in [9.17, 15) is 13.2 Å². The van der Waals surface area contributed by atoms with E-state index in [0.717, 1.165) is 6.42 Å². The zero-order valence-corrected chi connectivity index (χ0v) is 16.5. The summed E-state index contributed by atoms with van der Waals surface area (Å²) in [5.41, 5.74) is 6.46. The molecule has 1 aromatic rings. The van der Waals surface area contributed by atoms with E-state index in [1.54, 1.807) is 6.92 Å². The number of piperidine rings is 1. The van der Waals surface area contributed by atoms with E-state index >= 15 is 0 Å². The molecule has 0 radical (unpaired) electrons. The number of hydrogen-bond acceptors (Lipinski definition) is 4. The van der Waals surface area contributed by atoms with Gasteiger partial charge >= 0.3 is 0 Å². The topological polar surface area (TPSA) is 90.5 Å². The molecule has 0 bridgehead atoms. The third-order valence-electron chi connectivity index (χ3n) is 4.35. The summed E-state index contributed by atoms with van der Waals surface area (Å²) >= 11 is 5.15. The highest BCUT2D eigenvalue weighted by Crippen LogP contribution is 2.19. The maximum absolute atomic E-state index is 12.3. The fourth-order valence-corrected chi connectivity index (χ4v) is 4.15. The first-order valence-electron chi connectivity index (χ1n) is 8.78. The van der Waals surface area contributed by atoms with E-state index in [4.69, 9.17) is 12.2 Å². The summed E-state index contributed by atoms with van der Waals surface area (Å²) in [5, 5.41) is 3.37. The number of amides is 1. The van der Waals surface area contributed by atoms with Crippen molar-refractivity contribution in [3.8, 4) is 0 Å². The Morgan fingerprint density at radius 2 is 2.00 bits per heavy atom. The molecule has 0 saturated carbocycles. The van der Waals surface area contributed by atoms with Crippen LogP contribution in [0.1, 0.15) is 25.3 Å². The van der Waals surface area contributed by atoms with E-state index in [1.807, 2.05) is 30.3 Å². The summed E-state index contributed by atoms with van der Waals surface area (Å²) < 4.78 is 25.3. The van der Waals surface area contributed by atoms with Gasteiger partial charge in [0.25, 0.3) is 0 Å². The highest BCUT2D eigenvalue weighted by atomic mass is 32.2. The number of benzene rings is 1. The molecule has 9 heteroatoms. The molecule has 1 amide bonds. The van der Waals surface area contributed by atoms with Crippen molar-refractivity contribution in [2.75, 3.05) is 25.4 Å². The molecule has 1 saturated heterocycles. The number of carbonyl (C=O) groups is 1. The van der Waals surface area contributed by atoms with Crippen molar-refractivity contribution in [1.29, 1.82) is 0 Å². The van der Waals surface area contributed by atoms with Crippen molar-refractivity contribution in [1.82, 2.24) is 20.5 Å². The highest BCUT2D eigenvalue weighted by molar-refractivity contribution is 7.89. The summed E-state index contributed by atoms with van der Waals surface area (Å²) in [7, 11) is -3.26. The van der Waals surface area contributed by atoms with Gasteiger partial charge in [-0.1, -0.05) is 30.3 Å². The van der Waals surface area contributed by atoms with Crippen LogP contribution in [0.2, 0.25) is 0 Å². The van der Waals surface area contributed by atoms with Crippen LogP contribution in [0.5, 0.6) is 0 Å².